The van der Waals surface area contributed by atoms with Crippen LogP contribution in [0.3, 0.4) is 0 Å². The molecular weight excluding hydrogens is 656 g/mol. The molecule has 0 atom stereocenters. The highest BCUT2D eigenvalue weighted by atomic mass is 16.6. The molecule has 0 heterocycles. The molecule has 0 amide bonds. The smallest absolute Gasteiger partial charge is 0.323 e. The van der Waals surface area contributed by atoms with Crippen LogP contribution in [-0.4, -0.2) is 50.3 Å². The van der Waals surface area contributed by atoms with Crippen LogP contribution < -0.4 is 0 Å². The molecule has 8 nitrogen and oxygen atoms in total. The number of hydrogen-bond acceptors (Lipinski definition) is 8. The van der Waals surface area contributed by atoms with Crippen LogP contribution in [0.15, 0.2) is 24.3 Å². The minimum atomic E-state index is -1.56. The maximum atomic E-state index is 13.9. The van der Waals surface area contributed by atoms with Crippen molar-refractivity contribution in [2.24, 2.45) is 10.8 Å². The van der Waals surface area contributed by atoms with Crippen LogP contribution in [0.2, 0.25) is 0 Å². The van der Waals surface area contributed by atoms with E-state index in [1.165, 1.54) is 64.2 Å². The third-order valence-corrected chi connectivity index (χ3v) is 10.2. The second-order valence-corrected chi connectivity index (χ2v) is 14.3. The van der Waals surface area contributed by atoms with Crippen molar-refractivity contribution >= 4 is 23.9 Å². The summed E-state index contributed by atoms with van der Waals surface area (Å²) in [6.45, 7) is 11.9. The minimum Gasteiger partial charge on any atom is -0.465 e. The molecule has 0 aromatic heterocycles. The molecule has 0 unspecified atom stereocenters. The van der Waals surface area contributed by atoms with E-state index in [-0.39, 0.29) is 52.1 Å². The van der Waals surface area contributed by atoms with Crippen LogP contribution >= 0.6 is 0 Å². The fourth-order valence-corrected chi connectivity index (χ4v) is 7.14. The van der Waals surface area contributed by atoms with Gasteiger partial charge in [-0.1, -0.05) is 154 Å². The Kier molecular flexibility index (Phi) is 25.9. The quantitative estimate of drug-likeness (QED) is 0.0312. The van der Waals surface area contributed by atoms with Gasteiger partial charge in [-0.25, -0.2) is 0 Å². The summed E-state index contributed by atoms with van der Waals surface area (Å²) in [6.07, 6.45) is 20.4. The van der Waals surface area contributed by atoms with E-state index in [1.807, 2.05) is 24.3 Å². The SMILES string of the molecule is CCCCCCCCCCCC(Cc1ccccc1CC(CCCCCCCCCCC)(C(=O)OCC)C(=O)OCC)(C(=O)OCC)C(=O)OCC. The van der Waals surface area contributed by atoms with Gasteiger partial charge in [-0.05, 0) is 64.5 Å². The molecule has 0 radical (unpaired) electrons. The molecule has 0 aliphatic rings. The molecule has 0 aliphatic carbocycles. The monoisotopic (exact) mass is 731 g/mol. The van der Waals surface area contributed by atoms with Crippen LogP contribution in [0.5, 0.6) is 0 Å². The zero-order chi connectivity index (χ0) is 38.5. The Morgan fingerprint density at radius 1 is 0.404 bits per heavy atom. The van der Waals surface area contributed by atoms with E-state index in [9.17, 15) is 19.2 Å². The number of carbonyl (C=O) groups excluding carboxylic acids is 4. The highest BCUT2D eigenvalue weighted by molar-refractivity contribution is 6.01. The fraction of sp³-hybridized carbons (Fsp3) is 0.773. The lowest BCUT2D eigenvalue weighted by Gasteiger charge is -2.32. The number of unbranched alkanes of at least 4 members (excludes halogenated alkanes) is 16. The van der Waals surface area contributed by atoms with Crippen LogP contribution in [0.25, 0.3) is 0 Å². The highest BCUT2D eigenvalue weighted by Gasteiger charge is 2.51. The van der Waals surface area contributed by atoms with Crippen molar-refractivity contribution in [2.45, 2.75) is 183 Å². The fourth-order valence-electron chi connectivity index (χ4n) is 7.14. The topological polar surface area (TPSA) is 105 Å². The summed E-state index contributed by atoms with van der Waals surface area (Å²) in [5.74, 6) is -2.39. The number of ether oxygens (including phenoxy) is 4. The maximum absolute atomic E-state index is 13.9. The van der Waals surface area contributed by atoms with Crippen molar-refractivity contribution in [1.29, 1.82) is 0 Å². The van der Waals surface area contributed by atoms with Gasteiger partial charge in [-0.15, -0.1) is 0 Å². The van der Waals surface area contributed by atoms with Crippen LogP contribution in [-0.2, 0) is 51.0 Å². The predicted molar refractivity (Wildman–Crippen MR) is 209 cm³/mol. The summed E-state index contributed by atoms with van der Waals surface area (Å²) < 4.78 is 22.3. The van der Waals surface area contributed by atoms with Gasteiger partial charge in [-0.2, -0.15) is 0 Å². The van der Waals surface area contributed by atoms with Crippen molar-refractivity contribution in [3.8, 4) is 0 Å². The Labute approximate surface area is 316 Å². The Bertz CT molecular complexity index is 1010. The second-order valence-electron chi connectivity index (χ2n) is 14.3. The van der Waals surface area contributed by atoms with E-state index in [0.29, 0.717) is 24.0 Å². The molecule has 0 spiro atoms. The summed E-state index contributed by atoms with van der Waals surface area (Å²) >= 11 is 0. The predicted octanol–water partition coefficient (Wildman–Crippen LogP) is 10.8. The lowest BCUT2D eigenvalue weighted by Crippen LogP contribution is -2.45. The van der Waals surface area contributed by atoms with Gasteiger partial charge < -0.3 is 18.9 Å². The maximum Gasteiger partial charge on any atom is 0.323 e. The van der Waals surface area contributed by atoms with Crippen LogP contribution in [0, 0.1) is 10.8 Å². The van der Waals surface area contributed by atoms with Gasteiger partial charge in [0, 0.05) is 0 Å². The summed E-state index contributed by atoms with van der Waals surface area (Å²) in [6, 6.07) is 7.46. The number of esters is 4. The van der Waals surface area contributed by atoms with Crippen molar-refractivity contribution in [3.63, 3.8) is 0 Å². The average Bonchev–Trinajstić information content (AvgIpc) is 3.13. The lowest BCUT2D eigenvalue weighted by molar-refractivity contribution is -0.175. The van der Waals surface area contributed by atoms with E-state index in [0.717, 1.165) is 38.5 Å². The average molecular weight is 731 g/mol. The van der Waals surface area contributed by atoms with Gasteiger partial charge in [0.2, 0.25) is 0 Å². The molecular formula is C44H74O8. The first kappa shape index (κ1) is 47.1. The van der Waals surface area contributed by atoms with Crippen molar-refractivity contribution < 1.29 is 38.1 Å². The molecule has 1 aromatic carbocycles. The Morgan fingerprint density at radius 2 is 0.654 bits per heavy atom. The van der Waals surface area contributed by atoms with E-state index in [4.69, 9.17) is 18.9 Å². The lowest BCUT2D eigenvalue weighted by atomic mass is 9.72. The molecule has 1 aromatic rings. The zero-order valence-electron chi connectivity index (χ0n) is 34.0. The zero-order valence-corrected chi connectivity index (χ0v) is 34.0. The summed E-state index contributed by atoms with van der Waals surface area (Å²) in [4.78, 5) is 55.5. The minimum absolute atomic E-state index is 0.0393. The standard InChI is InChI=1S/C44H74O8/c1-7-13-15-17-19-21-23-25-29-33-43(39(45)49-9-3,40(46)50-10-4)35-37-31-27-28-32-38(37)36-44(41(47)51-11-5,42(48)52-12-6)34-30-26-24-22-20-18-16-14-8-2/h27-28,31-32H,7-26,29-30,33-36H2,1-6H3. The molecule has 1 rings (SSSR count). The first-order chi connectivity index (χ1) is 25.2. The first-order valence-electron chi connectivity index (χ1n) is 21.0. The number of rotatable bonds is 32. The van der Waals surface area contributed by atoms with E-state index < -0.39 is 34.7 Å². The second kappa shape index (κ2) is 28.6. The van der Waals surface area contributed by atoms with Crippen molar-refractivity contribution in [3.05, 3.63) is 35.4 Å². The number of carbonyl (C=O) groups is 4. The normalized spacial score (nSPS) is 11.7. The van der Waals surface area contributed by atoms with Crippen molar-refractivity contribution in [2.75, 3.05) is 26.4 Å². The molecule has 0 saturated carbocycles. The summed E-state index contributed by atoms with van der Waals surface area (Å²) in [7, 11) is 0. The molecule has 0 aliphatic heterocycles. The van der Waals surface area contributed by atoms with Gasteiger partial charge in [0.25, 0.3) is 0 Å². The Balaban J connectivity index is 3.43. The molecule has 0 fully saturated rings. The van der Waals surface area contributed by atoms with Gasteiger partial charge in [-0.3, -0.25) is 19.2 Å². The van der Waals surface area contributed by atoms with Crippen LogP contribution in [0.4, 0.5) is 0 Å². The van der Waals surface area contributed by atoms with Crippen LogP contribution in [0.1, 0.15) is 181 Å². The third kappa shape index (κ3) is 16.4. The van der Waals surface area contributed by atoms with Gasteiger partial charge in [0.05, 0.1) is 26.4 Å². The third-order valence-electron chi connectivity index (χ3n) is 10.2. The van der Waals surface area contributed by atoms with E-state index >= 15 is 0 Å². The molecule has 0 saturated heterocycles. The largest absolute Gasteiger partial charge is 0.465 e. The molecule has 8 heteroatoms. The van der Waals surface area contributed by atoms with E-state index in [1.54, 1.807) is 27.7 Å². The number of benzene rings is 1. The molecule has 0 N–H and O–H groups in total. The molecule has 0 bridgehead atoms. The summed E-state index contributed by atoms with van der Waals surface area (Å²) in [5, 5.41) is 0. The van der Waals surface area contributed by atoms with Gasteiger partial charge in [0.1, 0.15) is 0 Å². The summed E-state index contributed by atoms with van der Waals surface area (Å²) in [5.41, 5.74) is -1.72. The van der Waals surface area contributed by atoms with Gasteiger partial charge >= 0.3 is 23.9 Å². The Morgan fingerprint density at radius 3 is 0.904 bits per heavy atom. The molecule has 52 heavy (non-hydrogen) atoms. The van der Waals surface area contributed by atoms with Crippen molar-refractivity contribution in [1.82, 2.24) is 0 Å². The van der Waals surface area contributed by atoms with E-state index in [2.05, 4.69) is 13.8 Å². The first-order valence-corrected chi connectivity index (χ1v) is 21.0. The Hall–Kier alpha value is -2.90. The highest BCUT2D eigenvalue weighted by Crippen LogP contribution is 2.39. The van der Waals surface area contributed by atoms with Gasteiger partial charge in [0.15, 0.2) is 10.8 Å². The number of hydrogen-bond donors (Lipinski definition) is 0. The molecule has 298 valence electrons.